The Morgan fingerprint density at radius 2 is 0.616 bits per heavy atom. The third-order valence-electron chi connectivity index (χ3n) is 14.9. The van der Waals surface area contributed by atoms with Gasteiger partial charge in [0.25, 0.3) is 0 Å². The van der Waals surface area contributed by atoms with Gasteiger partial charge < -0.3 is 18.9 Å². The lowest BCUT2D eigenvalue weighted by Crippen LogP contribution is -2.37. The minimum atomic E-state index is -4.38. The molecule has 0 rings (SSSR count). The summed E-state index contributed by atoms with van der Waals surface area (Å²) in [5.41, 5.74) is 0. The number of likely N-dealkylation sites (N-methyl/N-ethyl adjacent to an activating group) is 1. The van der Waals surface area contributed by atoms with Crippen LogP contribution in [0.25, 0.3) is 0 Å². The summed E-state index contributed by atoms with van der Waals surface area (Å²) in [6.07, 6.45) is 64.9. The molecule has 0 aromatic heterocycles. The van der Waals surface area contributed by atoms with Crippen LogP contribution in [-0.4, -0.2) is 74.9 Å². The maximum atomic E-state index is 12.8. The smallest absolute Gasteiger partial charge is 0.462 e. The van der Waals surface area contributed by atoms with E-state index in [0.29, 0.717) is 17.4 Å². The number of carbonyl (C=O) groups is 2. The molecule has 0 spiro atoms. The second kappa shape index (κ2) is 55.8. The summed E-state index contributed by atoms with van der Waals surface area (Å²) in [5, 5.41) is 0. The number of rotatable bonds is 61. The largest absolute Gasteiger partial charge is 0.472 e. The minimum absolute atomic E-state index is 0.0375. The molecule has 0 aliphatic rings. The van der Waals surface area contributed by atoms with Crippen LogP contribution < -0.4 is 0 Å². The van der Waals surface area contributed by atoms with Crippen LogP contribution in [0.2, 0.25) is 0 Å². The predicted molar refractivity (Wildman–Crippen MR) is 312 cm³/mol. The van der Waals surface area contributed by atoms with Gasteiger partial charge in [0.1, 0.15) is 19.8 Å². The molecule has 0 heterocycles. The van der Waals surface area contributed by atoms with E-state index in [1.54, 1.807) is 0 Å². The molecule has 2 unspecified atom stereocenters. The van der Waals surface area contributed by atoms with Gasteiger partial charge in [-0.05, 0) is 12.8 Å². The van der Waals surface area contributed by atoms with Crippen LogP contribution in [0.4, 0.5) is 0 Å². The molecule has 0 bridgehead atoms. The van der Waals surface area contributed by atoms with Crippen LogP contribution in [0.5, 0.6) is 0 Å². The molecule has 73 heavy (non-hydrogen) atoms. The number of esters is 2. The zero-order valence-corrected chi connectivity index (χ0v) is 50.6. The number of phosphoric ester groups is 1. The zero-order valence-electron chi connectivity index (χ0n) is 49.7. The number of phosphoric acid groups is 1. The highest BCUT2D eigenvalue weighted by Gasteiger charge is 2.27. The molecule has 0 aliphatic carbocycles. The molecule has 10 heteroatoms. The Kier molecular flexibility index (Phi) is 55.0. The summed E-state index contributed by atoms with van der Waals surface area (Å²) in [5.74, 6) is -0.772. The lowest BCUT2D eigenvalue weighted by atomic mass is 10.0. The van der Waals surface area contributed by atoms with Gasteiger partial charge in [-0.1, -0.05) is 316 Å². The standard InChI is InChI=1S/C63H126NO8P/c1-6-8-10-12-14-16-18-20-22-24-25-26-27-28-29-30-31-32-33-34-35-36-37-38-39-40-42-44-46-48-50-52-54-56-63(66)72-61(60-71-73(67,68)70-58-57-64(3,4)5)59-69-62(65)55-53-51-49-47-45-43-41-23-21-19-17-15-13-11-9-7-2/h61H,6-60H2,1-5H3/p+1. The molecule has 0 fully saturated rings. The number of carbonyl (C=O) groups excluding carboxylic acids is 2. The van der Waals surface area contributed by atoms with Crippen LogP contribution in [0.3, 0.4) is 0 Å². The van der Waals surface area contributed by atoms with E-state index >= 15 is 0 Å². The van der Waals surface area contributed by atoms with E-state index in [4.69, 9.17) is 18.5 Å². The van der Waals surface area contributed by atoms with E-state index in [1.165, 1.54) is 276 Å². The number of nitrogens with zero attached hydrogens (tertiary/aromatic N) is 1. The molecule has 0 saturated carbocycles. The molecule has 436 valence electrons. The van der Waals surface area contributed by atoms with E-state index in [9.17, 15) is 19.0 Å². The molecule has 0 aliphatic heterocycles. The van der Waals surface area contributed by atoms with Gasteiger partial charge in [-0.15, -0.1) is 0 Å². The fourth-order valence-corrected chi connectivity index (χ4v) is 10.6. The second-order valence-corrected chi connectivity index (χ2v) is 25.0. The van der Waals surface area contributed by atoms with Crippen LogP contribution in [0.15, 0.2) is 0 Å². The molecule has 0 radical (unpaired) electrons. The quantitative estimate of drug-likeness (QED) is 0.0278. The van der Waals surface area contributed by atoms with Crippen LogP contribution in [0, 0.1) is 0 Å². The highest BCUT2D eigenvalue weighted by atomic mass is 31.2. The van der Waals surface area contributed by atoms with Crippen LogP contribution >= 0.6 is 7.82 Å². The van der Waals surface area contributed by atoms with Gasteiger partial charge in [0.05, 0.1) is 27.7 Å². The number of unbranched alkanes of at least 4 members (excludes halogenated alkanes) is 47. The topological polar surface area (TPSA) is 108 Å². The molecule has 0 saturated heterocycles. The Morgan fingerprint density at radius 1 is 0.370 bits per heavy atom. The highest BCUT2D eigenvalue weighted by Crippen LogP contribution is 2.43. The van der Waals surface area contributed by atoms with Crippen molar-refractivity contribution in [3.63, 3.8) is 0 Å². The Labute approximate surface area is 454 Å². The summed E-state index contributed by atoms with van der Waals surface area (Å²) in [7, 11) is 1.50. The van der Waals surface area contributed by atoms with Crippen molar-refractivity contribution in [1.82, 2.24) is 0 Å². The molecule has 0 amide bonds. The minimum Gasteiger partial charge on any atom is -0.462 e. The van der Waals surface area contributed by atoms with Crippen molar-refractivity contribution in [1.29, 1.82) is 0 Å². The van der Waals surface area contributed by atoms with Gasteiger partial charge in [-0.2, -0.15) is 0 Å². The van der Waals surface area contributed by atoms with Gasteiger partial charge in [-0.25, -0.2) is 4.57 Å². The van der Waals surface area contributed by atoms with Crippen LogP contribution in [0.1, 0.15) is 341 Å². The Bertz CT molecular complexity index is 1200. The van der Waals surface area contributed by atoms with Crippen molar-refractivity contribution < 1.29 is 42.1 Å². The summed E-state index contributed by atoms with van der Waals surface area (Å²) in [6.45, 7) is 4.51. The first-order valence-electron chi connectivity index (χ1n) is 32.3. The molecular weight excluding hydrogens is 930 g/mol. The van der Waals surface area contributed by atoms with Gasteiger partial charge >= 0.3 is 19.8 Å². The van der Waals surface area contributed by atoms with E-state index in [0.717, 1.165) is 38.5 Å². The molecule has 1 N–H and O–H groups in total. The number of quaternary nitrogens is 1. The highest BCUT2D eigenvalue weighted by molar-refractivity contribution is 7.47. The molecule has 0 aromatic carbocycles. The van der Waals surface area contributed by atoms with Crippen molar-refractivity contribution in [2.24, 2.45) is 0 Å². The Hall–Kier alpha value is -0.990. The first kappa shape index (κ1) is 72.0. The third-order valence-corrected chi connectivity index (χ3v) is 15.9. The average Bonchev–Trinajstić information content (AvgIpc) is 3.35. The SMILES string of the molecule is CCCCCCCCCCCCCCCCCCCCCCCCCCCCCCCCCCCC(=O)OC(COC(=O)CCCCCCCCCCCCCCCCCC)COP(=O)(O)OCC[N+](C)(C)C. The monoisotopic (exact) mass is 1060 g/mol. The normalized spacial score (nSPS) is 13.1. The maximum absolute atomic E-state index is 12.8. The summed E-state index contributed by atoms with van der Waals surface area (Å²) >= 11 is 0. The predicted octanol–water partition coefficient (Wildman–Crippen LogP) is 20.2. The lowest BCUT2D eigenvalue weighted by molar-refractivity contribution is -0.870. The first-order chi connectivity index (χ1) is 35.5. The zero-order chi connectivity index (χ0) is 53.5. The number of hydrogen-bond acceptors (Lipinski definition) is 7. The van der Waals surface area contributed by atoms with E-state index in [1.807, 2.05) is 21.1 Å². The molecule has 0 aromatic rings. The summed E-state index contributed by atoms with van der Waals surface area (Å²) < 4.78 is 34.6. The van der Waals surface area contributed by atoms with Crippen LogP contribution in [-0.2, 0) is 32.7 Å². The summed E-state index contributed by atoms with van der Waals surface area (Å²) in [4.78, 5) is 35.7. The van der Waals surface area contributed by atoms with Gasteiger partial charge in [0, 0.05) is 12.8 Å². The lowest BCUT2D eigenvalue weighted by Gasteiger charge is -2.24. The van der Waals surface area contributed by atoms with Gasteiger partial charge in [-0.3, -0.25) is 18.6 Å². The van der Waals surface area contributed by atoms with Crippen molar-refractivity contribution >= 4 is 19.8 Å². The number of hydrogen-bond donors (Lipinski definition) is 1. The van der Waals surface area contributed by atoms with Crippen molar-refractivity contribution in [2.45, 2.75) is 347 Å². The number of ether oxygens (including phenoxy) is 2. The van der Waals surface area contributed by atoms with E-state index in [2.05, 4.69) is 13.8 Å². The average molecular weight is 1060 g/mol. The van der Waals surface area contributed by atoms with E-state index in [-0.39, 0.29) is 25.6 Å². The third kappa shape index (κ3) is 60.1. The molecular formula is C63H127NO8P+. The maximum Gasteiger partial charge on any atom is 0.472 e. The van der Waals surface area contributed by atoms with Crippen molar-refractivity contribution in [3.8, 4) is 0 Å². The fraction of sp³-hybridized carbons (Fsp3) is 0.968. The van der Waals surface area contributed by atoms with Gasteiger partial charge in [0.2, 0.25) is 0 Å². The van der Waals surface area contributed by atoms with Gasteiger partial charge in [0.15, 0.2) is 6.10 Å². The van der Waals surface area contributed by atoms with E-state index < -0.39 is 26.5 Å². The molecule has 2 atom stereocenters. The first-order valence-corrected chi connectivity index (χ1v) is 33.8. The Morgan fingerprint density at radius 3 is 0.877 bits per heavy atom. The summed E-state index contributed by atoms with van der Waals surface area (Å²) in [6, 6.07) is 0. The second-order valence-electron chi connectivity index (χ2n) is 23.5. The van der Waals surface area contributed by atoms with Crippen molar-refractivity contribution in [2.75, 3.05) is 47.5 Å². The molecule has 9 nitrogen and oxygen atoms in total. The van der Waals surface area contributed by atoms with Crippen molar-refractivity contribution in [3.05, 3.63) is 0 Å². The Balaban J connectivity index is 3.94. The fourth-order valence-electron chi connectivity index (χ4n) is 9.90.